The summed E-state index contributed by atoms with van der Waals surface area (Å²) in [6, 6.07) is 10.4. The van der Waals surface area contributed by atoms with Crippen molar-refractivity contribution in [2.45, 2.75) is 26.7 Å². The first-order chi connectivity index (χ1) is 13.8. The molecule has 0 saturated heterocycles. The fourth-order valence-electron chi connectivity index (χ4n) is 3.38. The monoisotopic (exact) mass is 410 g/mol. The van der Waals surface area contributed by atoms with Gasteiger partial charge in [-0.05, 0) is 35.7 Å². The lowest BCUT2D eigenvalue weighted by Gasteiger charge is -2.18. The Balaban J connectivity index is 2.19. The van der Waals surface area contributed by atoms with E-state index in [0.29, 0.717) is 22.7 Å². The van der Waals surface area contributed by atoms with Crippen LogP contribution in [0.25, 0.3) is 33.1 Å². The molecule has 0 bridgehead atoms. The maximum absolute atomic E-state index is 13.6. The average Bonchev–Trinajstić information content (AvgIpc) is 3.14. The van der Waals surface area contributed by atoms with Gasteiger partial charge in [0.15, 0.2) is 11.5 Å². The molecule has 0 amide bonds. The van der Waals surface area contributed by atoms with E-state index >= 15 is 0 Å². The third-order valence-corrected chi connectivity index (χ3v) is 6.67. The highest BCUT2D eigenvalue weighted by Gasteiger charge is 2.19. The van der Waals surface area contributed by atoms with E-state index in [0.717, 1.165) is 27.6 Å². The second kappa shape index (κ2) is 7.22. The molecular weight excluding hydrogens is 387 g/mol. The van der Waals surface area contributed by atoms with Crippen molar-refractivity contribution in [2.24, 2.45) is 4.36 Å². The third-order valence-electron chi connectivity index (χ3n) is 5.03. The van der Waals surface area contributed by atoms with Crippen molar-refractivity contribution in [2.75, 3.05) is 12.0 Å². The highest BCUT2D eigenvalue weighted by Crippen LogP contribution is 2.39. The van der Waals surface area contributed by atoms with Gasteiger partial charge in [0.05, 0.1) is 9.73 Å². The Hall–Kier alpha value is -2.80. The second-order valence-electron chi connectivity index (χ2n) is 7.51. The van der Waals surface area contributed by atoms with Crippen LogP contribution in [0.4, 0.5) is 10.2 Å². The summed E-state index contributed by atoms with van der Waals surface area (Å²) in [6.07, 6.45) is 3.36. The molecule has 0 aliphatic heterocycles. The number of nitrogens with zero attached hydrogens (tertiary/aromatic N) is 3. The summed E-state index contributed by atoms with van der Waals surface area (Å²) in [7, 11) is -2.40. The van der Waals surface area contributed by atoms with Gasteiger partial charge in [0.25, 0.3) is 0 Å². The molecule has 0 aliphatic carbocycles. The number of H-pyrrole nitrogens is 1. The number of hydrogen-bond acceptors (Lipinski definition) is 4. The lowest BCUT2D eigenvalue weighted by molar-refractivity contribution is 0.628. The number of fused-ring (bicyclic) bond motifs is 2. The van der Waals surface area contributed by atoms with Gasteiger partial charge >= 0.3 is 0 Å². The summed E-state index contributed by atoms with van der Waals surface area (Å²) in [5.41, 5.74) is 4.00. The molecule has 0 aliphatic rings. The normalized spacial score (nSPS) is 13.9. The summed E-state index contributed by atoms with van der Waals surface area (Å²) in [6.45, 7) is 6.01. The van der Waals surface area contributed by atoms with Crippen molar-refractivity contribution < 1.29 is 8.60 Å². The average molecular weight is 411 g/mol. The third kappa shape index (κ3) is 3.62. The molecule has 0 saturated carbocycles. The number of benzene rings is 1. The first kappa shape index (κ1) is 19.5. The molecule has 1 N–H and O–H groups in total. The van der Waals surface area contributed by atoms with Crippen LogP contribution >= 0.6 is 0 Å². The Morgan fingerprint density at radius 1 is 1.21 bits per heavy atom. The van der Waals surface area contributed by atoms with Gasteiger partial charge in [-0.3, -0.25) is 0 Å². The summed E-state index contributed by atoms with van der Waals surface area (Å²) >= 11 is 0. The fraction of sp³-hybridized carbons (Fsp3) is 0.273. The van der Waals surface area contributed by atoms with Gasteiger partial charge in [0.2, 0.25) is 0 Å². The van der Waals surface area contributed by atoms with E-state index in [2.05, 4.69) is 28.2 Å². The van der Waals surface area contributed by atoms with E-state index in [1.165, 1.54) is 12.1 Å². The number of rotatable bonds is 4. The topological polar surface area (TPSA) is 71.0 Å². The molecular formula is C22H23FN4OS. The summed E-state index contributed by atoms with van der Waals surface area (Å²) in [5.74, 6) is 0.787. The van der Waals surface area contributed by atoms with Crippen molar-refractivity contribution >= 4 is 37.5 Å². The van der Waals surface area contributed by atoms with Crippen LogP contribution in [-0.4, -0.2) is 31.2 Å². The van der Waals surface area contributed by atoms with E-state index in [1.807, 2.05) is 19.1 Å². The number of aromatic amines is 1. The number of nitrogens with one attached hydrogen (secondary N) is 1. The van der Waals surface area contributed by atoms with E-state index < -0.39 is 9.73 Å². The molecule has 29 heavy (non-hydrogen) atoms. The Kier molecular flexibility index (Phi) is 4.86. The summed E-state index contributed by atoms with van der Waals surface area (Å²) < 4.78 is 30.9. The smallest absolute Gasteiger partial charge is 0.166 e. The van der Waals surface area contributed by atoms with Crippen molar-refractivity contribution in [3.05, 3.63) is 54.1 Å². The van der Waals surface area contributed by atoms with E-state index in [9.17, 15) is 8.60 Å². The van der Waals surface area contributed by atoms with E-state index in [-0.39, 0.29) is 11.7 Å². The quantitative estimate of drug-likeness (QED) is 0.463. The number of aromatic nitrogens is 3. The van der Waals surface area contributed by atoms with Crippen LogP contribution in [0.1, 0.15) is 32.4 Å². The maximum Gasteiger partial charge on any atom is 0.166 e. The standard InChI is InChI=1S/C22H23FN4OS/c1-5-29(4,28)27-22-20-17(12-15-10-11-24-21(15)26-20)18(19(25-22)13(2)3)14-6-8-16(23)9-7-14/h6-13,25H,5H2,1-4H3. The van der Waals surface area contributed by atoms with Gasteiger partial charge in [0.1, 0.15) is 11.3 Å². The molecule has 5 nitrogen and oxygen atoms in total. The predicted molar refractivity (Wildman–Crippen MR) is 118 cm³/mol. The number of pyridine rings is 2. The zero-order valence-electron chi connectivity index (χ0n) is 16.9. The molecule has 150 valence electrons. The van der Waals surface area contributed by atoms with Crippen molar-refractivity contribution in [3.8, 4) is 11.1 Å². The van der Waals surface area contributed by atoms with Gasteiger partial charge < -0.3 is 4.98 Å². The first-order valence-electron chi connectivity index (χ1n) is 9.56. The van der Waals surface area contributed by atoms with E-state index in [4.69, 9.17) is 4.98 Å². The van der Waals surface area contributed by atoms with Gasteiger partial charge in [0, 0.05) is 40.2 Å². The SMILES string of the molecule is CCS(C)(=O)=Nc1[nH]c(C(C)C)c(-c2ccc(F)cc2)c2cc3ccnc3nc12. The molecule has 1 atom stereocenters. The molecule has 0 radical (unpaired) electrons. The molecule has 4 rings (SSSR count). The lowest BCUT2D eigenvalue weighted by Crippen LogP contribution is -2.03. The summed E-state index contributed by atoms with van der Waals surface area (Å²) in [5, 5.41) is 1.80. The van der Waals surface area contributed by atoms with Crippen LogP contribution in [0.2, 0.25) is 0 Å². The molecule has 1 aromatic carbocycles. The van der Waals surface area contributed by atoms with Gasteiger partial charge in [-0.2, -0.15) is 4.36 Å². The van der Waals surface area contributed by atoms with Crippen molar-refractivity contribution in [1.29, 1.82) is 0 Å². The highest BCUT2D eigenvalue weighted by molar-refractivity contribution is 7.93. The minimum absolute atomic E-state index is 0.136. The maximum atomic E-state index is 13.6. The van der Waals surface area contributed by atoms with Crippen molar-refractivity contribution in [1.82, 2.24) is 15.0 Å². The highest BCUT2D eigenvalue weighted by atomic mass is 32.2. The minimum atomic E-state index is -2.40. The molecule has 7 heteroatoms. The predicted octanol–water partition coefficient (Wildman–Crippen LogP) is 5.79. The zero-order chi connectivity index (χ0) is 20.8. The second-order valence-corrected chi connectivity index (χ2v) is 10.2. The summed E-state index contributed by atoms with van der Waals surface area (Å²) in [4.78, 5) is 12.4. The molecule has 4 aromatic rings. The van der Waals surface area contributed by atoms with Crippen molar-refractivity contribution in [3.63, 3.8) is 0 Å². The molecule has 3 heterocycles. The Bertz CT molecular complexity index is 1330. The zero-order valence-corrected chi connectivity index (χ0v) is 17.7. The fourth-order valence-corrected chi connectivity index (χ4v) is 4.03. The number of halogens is 1. The van der Waals surface area contributed by atoms with Gasteiger partial charge in [-0.25, -0.2) is 18.6 Å². The van der Waals surface area contributed by atoms with E-state index in [1.54, 1.807) is 24.6 Å². The molecule has 3 aromatic heterocycles. The Labute approximate surface area is 169 Å². The lowest BCUT2D eigenvalue weighted by atomic mass is 9.93. The van der Waals surface area contributed by atoms with Gasteiger partial charge in [-0.1, -0.05) is 32.9 Å². The van der Waals surface area contributed by atoms with Crippen LogP contribution in [-0.2, 0) is 9.73 Å². The minimum Gasteiger partial charge on any atom is -0.341 e. The molecule has 0 fully saturated rings. The van der Waals surface area contributed by atoms with Gasteiger partial charge in [-0.15, -0.1) is 0 Å². The van der Waals surface area contributed by atoms with Crippen LogP contribution in [0.15, 0.2) is 47.0 Å². The largest absolute Gasteiger partial charge is 0.341 e. The molecule has 0 spiro atoms. The van der Waals surface area contributed by atoms with Crippen LogP contribution in [0.5, 0.6) is 0 Å². The van der Waals surface area contributed by atoms with Crippen LogP contribution in [0, 0.1) is 5.82 Å². The van der Waals surface area contributed by atoms with Crippen LogP contribution < -0.4 is 0 Å². The Morgan fingerprint density at radius 3 is 2.59 bits per heavy atom. The Morgan fingerprint density at radius 2 is 1.93 bits per heavy atom. The molecule has 1 unspecified atom stereocenters. The first-order valence-corrected chi connectivity index (χ1v) is 11.7. The van der Waals surface area contributed by atoms with Crippen LogP contribution in [0.3, 0.4) is 0 Å². The number of hydrogen-bond donors (Lipinski definition) is 1.